The Balaban J connectivity index is 0.00000242. The average Bonchev–Trinajstić information content (AvgIpc) is 2.48. The molecule has 0 bridgehead atoms. The van der Waals surface area contributed by atoms with Gasteiger partial charge in [-0.2, -0.15) is 0 Å². The van der Waals surface area contributed by atoms with Crippen LogP contribution in [0.15, 0.2) is 24.3 Å². The zero-order valence-electron chi connectivity index (χ0n) is 14.0. The molecule has 22 heavy (non-hydrogen) atoms. The van der Waals surface area contributed by atoms with Gasteiger partial charge in [0.15, 0.2) is 0 Å². The molecule has 1 fully saturated rings. The van der Waals surface area contributed by atoms with Crippen LogP contribution in [-0.4, -0.2) is 42.4 Å². The molecule has 1 aromatic rings. The highest BCUT2D eigenvalue weighted by Gasteiger charge is 2.18. The Labute approximate surface area is 141 Å². The van der Waals surface area contributed by atoms with E-state index in [0.717, 1.165) is 31.3 Å². The van der Waals surface area contributed by atoms with Crippen molar-refractivity contribution in [2.45, 2.75) is 45.6 Å². The first-order chi connectivity index (χ1) is 10.0. The van der Waals surface area contributed by atoms with Gasteiger partial charge in [0.1, 0.15) is 18.5 Å². The lowest BCUT2D eigenvalue weighted by Crippen LogP contribution is -2.40. The molecule has 1 atom stereocenters. The second kappa shape index (κ2) is 9.39. The lowest BCUT2D eigenvalue weighted by molar-refractivity contribution is 0.0563. The predicted octanol–water partition coefficient (Wildman–Crippen LogP) is 3.70. The number of ether oxygens (including phenoxy) is 1. The number of likely N-dealkylation sites (tertiary alicyclic amines) is 1. The van der Waals surface area contributed by atoms with E-state index in [-0.39, 0.29) is 12.4 Å². The first-order valence-corrected chi connectivity index (χ1v) is 8.17. The van der Waals surface area contributed by atoms with Gasteiger partial charge in [-0.15, -0.1) is 12.4 Å². The summed E-state index contributed by atoms with van der Waals surface area (Å²) in [6.07, 6.45) is 2.07. The van der Waals surface area contributed by atoms with E-state index in [9.17, 15) is 5.11 Å². The van der Waals surface area contributed by atoms with Gasteiger partial charge in [0.2, 0.25) is 0 Å². The molecule has 1 N–H and O–H groups in total. The number of rotatable bonds is 6. The highest BCUT2D eigenvalue weighted by atomic mass is 35.5. The minimum Gasteiger partial charge on any atom is -0.491 e. The van der Waals surface area contributed by atoms with Gasteiger partial charge in [-0.3, -0.25) is 0 Å². The standard InChI is InChI=1S/C18H29NO2.ClH/c1-14(2)16-4-6-18(7-5-16)21-13-17(20)12-19-10-8-15(3)9-11-19;/h4-7,14-15,17,20H,8-13H2,1-3H3;1H. The number of β-amino-alcohol motifs (C(OH)–C–C–N with tert-alkyl or cyclic N) is 1. The van der Waals surface area contributed by atoms with Crippen molar-refractivity contribution in [2.75, 3.05) is 26.2 Å². The third-order valence-corrected chi connectivity index (χ3v) is 4.33. The monoisotopic (exact) mass is 327 g/mol. The first-order valence-electron chi connectivity index (χ1n) is 8.17. The van der Waals surface area contributed by atoms with E-state index < -0.39 is 6.10 Å². The van der Waals surface area contributed by atoms with Crippen molar-refractivity contribution in [3.8, 4) is 5.75 Å². The number of benzene rings is 1. The van der Waals surface area contributed by atoms with Gasteiger partial charge in [0, 0.05) is 6.54 Å². The highest BCUT2D eigenvalue weighted by molar-refractivity contribution is 5.85. The Kier molecular flexibility index (Phi) is 8.23. The molecule has 1 aromatic carbocycles. The Bertz CT molecular complexity index is 414. The molecule has 1 heterocycles. The fourth-order valence-corrected chi connectivity index (χ4v) is 2.74. The third kappa shape index (κ3) is 6.15. The van der Waals surface area contributed by atoms with Crippen molar-refractivity contribution in [3.05, 3.63) is 29.8 Å². The number of piperidine rings is 1. The smallest absolute Gasteiger partial charge is 0.119 e. The molecule has 1 aliphatic rings. The molecule has 1 aliphatic heterocycles. The summed E-state index contributed by atoms with van der Waals surface area (Å²) >= 11 is 0. The van der Waals surface area contributed by atoms with Gasteiger partial charge in [0.25, 0.3) is 0 Å². The number of halogens is 1. The van der Waals surface area contributed by atoms with E-state index in [1.165, 1.54) is 18.4 Å². The maximum absolute atomic E-state index is 10.1. The number of nitrogens with zero attached hydrogens (tertiary/aromatic N) is 1. The molecule has 2 rings (SSSR count). The SMILES string of the molecule is CC1CCN(CC(O)COc2ccc(C(C)C)cc2)CC1.Cl. The molecule has 126 valence electrons. The van der Waals surface area contributed by atoms with Crippen LogP contribution in [-0.2, 0) is 0 Å². The Hall–Kier alpha value is -0.770. The molecule has 0 aromatic heterocycles. The lowest BCUT2D eigenvalue weighted by atomic mass is 9.99. The summed E-state index contributed by atoms with van der Waals surface area (Å²) in [5.74, 6) is 2.20. The molecule has 0 radical (unpaired) electrons. The average molecular weight is 328 g/mol. The molecule has 0 spiro atoms. The predicted molar refractivity (Wildman–Crippen MR) is 94.1 cm³/mol. The van der Waals surface area contributed by atoms with E-state index in [0.29, 0.717) is 12.5 Å². The zero-order chi connectivity index (χ0) is 15.2. The second-order valence-electron chi connectivity index (χ2n) is 6.67. The van der Waals surface area contributed by atoms with Gasteiger partial charge in [-0.25, -0.2) is 0 Å². The number of aliphatic hydroxyl groups excluding tert-OH is 1. The minimum atomic E-state index is -0.414. The van der Waals surface area contributed by atoms with Crippen LogP contribution in [0.5, 0.6) is 5.75 Å². The quantitative estimate of drug-likeness (QED) is 0.864. The number of aliphatic hydroxyl groups is 1. The highest BCUT2D eigenvalue weighted by Crippen LogP contribution is 2.19. The van der Waals surface area contributed by atoms with Crippen LogP contribution in [0.2, 0.25) is 0 Å². The minimum absolute atomic E-state index is 0. The van der Waals surface area contributed by atoms with Crippen LogP contribution in [0.25, 0.3) is 0 Å². The van der Waals surface area contributed by atoms with Crippen LogP contribution >= 0.6 is 12.4 Å². The van der Waals surface area contributed by atoms with Crippen molar-refractivity contribution >= 4 is 12.4 Å². The van der Waals surface area contributed by atoms with Crippen LogP contribution in [0, 0.1) is 5.92 Å². The summed E-state index contributed by atoms with van der Waals surface area (Å²) in [5, 5.41) is 10.1. The third-order valence-electron chi connectivity index (χ3n) is 4.33. The van der Waals surface area contributed by atoms with Crippen LogP contribution in [0.1, 0.15) is 45.1 Å². The molecular weight excluding hydrogens is 298 g/mol. The zero-order valence-corrected chi connectivity index (χ0v) is 14.8. The number of hydrogen-bond acceptors (Lipinski definition) is 3. The Morgan fingerprint density at radius 3 is 2.32 bits per heavy atom. The molecule has 0 aliphatic carbocycles. The van der Waals surface area contributed by atoms with Crippen LogP contribution in [0.3, 0.4) is 0 Å². The van der Waals surface area contributed by atoms with E-state index in [1.54, 1.807) is 0 Å². The van der Waals surface area contributed by atoms with E-state index in [1.807, 2.05) is 12.1 Å². The number of hydrogen-bond donors (Lipinski definition) is 1. The fraction of sp³-hybridized carbons (Fsp3) is 0.667. The lowest BCUT2D eigenvalue weighted by Gasteiger charge is -2.31. The maximum atomic E-state index is 10.1. The van der Waals surface area contributed by atoms with Gasteiger partial charge in [-0.1, -0.05) is 32.9 Å². The van der Waals surface area contributed by atoms with Crippen molar-refractivity contribution in [1.29, 1.82) is 0 Å². The first kappa shape index (κ1) is 19.3. The van der Waals surface area contributed by atoms with Crippen LogP contribution in [0.4, 0.5) is 0 Å². The van der Waals surface area contributed by atoms with Gasteiger partial charge >= 0.3 is 0 Å². The molecule has 0 saturated carbocycles. The molecule has 0 amide bonds. The van der Waals surface area contributed by atoms with E-state index in [4.69, 9.17) is 4.74 Å². The van der Waals surface area contributed by atoms with Crippen molar-refractivity contribution < 1.29 is 9.84 Å². The second-order valence-corrected chi connectivity index (χ2v) is 6.67. The molecular formula is C18H30ClNO2. The van der Waals surface area contributed by atoms with E-state index in [2.05, 4.69) is 37.8 Å². The summed E-state index contributed by atoms with van der Waals surface area (Å²) in [6, 6.07) is 8.17. The van der Waals surface area contributed by atoms with Gasteiger partial charge in [-0.05, 0) is 55.5 Å². The van der Waals surface area contributed by atoms with Gasteiger partial charge in [0.05, 0.1) is 0 Å². The summed E-state index contributed by atoms with van der Waals surface area (Å²) in [7, 11) is 0. The summed E-state index contributed by atoms with van der Waals surface area (Å²) in [6.45, 7) is 9.95. The Morgan fingerprint density at radius 2 is 1.77 bits per heavy atom. The largest absolute Gasteiger partial charge is 0.491 e. The van der Waals surface area contributed by atoms with Crippen molar-refractivity contribution in [2.24, 2.45) is 5.92 Å². The normalized spacial score (nSPS) is 18.0. The molecule has 3 nitrogen and oxygen atoms in total. The van der Waals surface area contributed by atoms with Crippen molar-refractivity contribution in [3.63, 3.8) is 0 Å². The molecule has 4 heteroatoms. The Morgan fingerprint density at radius 1 is 1.18 bits per heavy atom. The van der Waals surface area contributed by atoms with Crippen molar-refractivity contribution in [1.82, 2.24) is 4.90 Å². The molecule has 1 unspecified atom stereocenters. The summed E-state index contributed by atoms with van der Waals surface area (Å²) in [4.78, 5) is 2.34. The van der Waals surface area contributed by atoms with Crippen LogP contribution < -0.4 is 4.74 Å². The summed E-state index contributed by atoms with van der Waals surface area (Å²) < 4.78 is 5.69. The topological polar surface area (TPSA) is 32.7 Å². The molecule has 1 saturated heterocycles. The summed E-state index contributed by atoms with van der Waals surface area (Å²) in [5.41, 5.74) is 1.31. The van der Waals surface area contributed by atoms with Gasteiger partial charge < -0.3 is 14.7 Å². The maximum Gasteiger partial charge on any atom is 0.119 e. The van der Waals surface area contributed by atoms with E-state index >= 15 is 0 Å². The fourth-order valence-electron chi connectivity index (χ4n) is 2.74.